The van der Waals surface area contributed by atoms with Crippen molar-refractivity contribution in [1.29, 1.82) is 0 Å². The van der Waals surface area contributed by atoms with Gasteiger partial charge in [-0.25, -0.2) is 17.8 Å². The SMILES string of the molecule is COC1(c2cc(F)cc(Sc3ccc(S(=O)(=O)Nc4ccc(Cl)cn4)cc3)c2)CCOCC1. The van der Waals surface area contributed by atoms with E-state index in [4.69, 9.17) is 21.1 Å². The molecule has 2 heterocycles. The normalized spacial score (nSPS) is 15.8. The number of sulfonamides is 1. The van der Waals surface area contributed by atoms with Crippen molar-refractivity contribution >= 4 is 39.2 Å². The Morgan fingerprint density at radius 2 is 1.82 bits per heavy atom. The maximum absolute atomic E-state index is 14.4. The Morgan fingerprint density at radius 1 is 1.09 bits per heavy atom. The number of nitrogens with one attached hydrogen (secondary N) is 1. The van der Waals surface area contributed by atoms with E-state index in [0.717, 1.165) is 10.5 Å². The number of rotatable bonds is 7. The van der Waals surface area contributed by atoms with E-state index in [9.17, 15) is 12.8 Å². The highest BCUT2D eigenvalue weighted by atomic mass is 35.5. The molecule has 0 amide bonds. The molecule has 0 atom stereocenters. The standard InChI is InChI=1S/C23H22ClFN2O4S2/c1-30-23(8-10-31-11-9-23)16-12-18(25)14-20(13-16)32-19-3-5-21(6-4-19)33(28,29)27-22-7-2-17(24)15-26-22/h2-7,12-15H,8-11H2,1H3,(H,26,27). The van der Waals surface area contributed by atoms with E-state index in [1.54, 1.807) is 25.3 Å². The van der Waals surface area contributed by atoms with Gasteiger partial charge in [-0.3, -0.25) is 4.72 Å². The summed E-state index contributed by atoms with van der Waals surface area (Å²) in [5, 5.41) is 0.410. The second-order valence-corrected chi connectivity index (χ2v) is 10.8. The van der Waals surface area contributed by atoms with Crippen molar-refractivity contribution in [2.75, 3.05) is 25.0 Å². The Balaban J connectivity index is 1.52. The molecule has 33 heavy (non-hydrogen) atoms. The number of aromatic nitrogens is 1. The summed E-state index contributed by atoms with van der Waals surface area (Å²) in [5.41, 5.74) is 0.198. The highest BCUT2D eigenvalue weighted by molar-refractivity contribution is 7.99. The summed E-state index contributed by atoms with van der Waals surface area (Å²) in [6.45, 7) is 1.12. The fourth-order valence-electron chi connectivity index (χ4n) is 3.65. The van der Waals surface area contributed by atoms with Crippen LogP contribution in [0.25, 0.3) is 0 Å². The molecule has 1 aliphatic heterocycles. The second-order valence-electron chi connectivity index (χ2n) is 7.53. The predicted octanol–water partition coefficient (Wildman–Crippen LogP) is 5.48. The third kappa shape index (κ3) is 5.67. The van der Waals surface area contributed by atoms with E-state index in [2.05, 4.69) is 9.71 Å². The smallest absolute Gasteiger partial charge is 0.263 e. The molecule has 4 rings (SSSR count). The van der Waals surface area contributed by atoms with Crippen LogP contribution in [0.5, 0.6) is 0 Å². The Hall–Kier alpha value is -2.17. The van der Waals surface area contributed by atoms with Crippen LogP contribution in [0.2, 0.25) is 5.02 Å². The minimum Gasteiger partial charge on any atom is -0.381 e. The van der Waals surface area contributed by atoms with Gasteiger partial charge in [0.1, 0.15) is 11.6 Å². The predicted molar refractivity (Wildman–Crippen MR) is 126 cm³/mol. The summed E-state index contributed by atoms with van der Waals surface area (Å²) >= 11 is 7.13. The molecule has 10 heteroatoms. The number of anilines is 1. The average Bonchev–Trinajstić information content (AvgIpc) is 2.81. The summed E-state index contributed by atoms with van der Waals surface area (Å²) in [7, 11) is -2.17. The molecule has 0 saturated carbocycles. The molecule has 1 aliphatic rings. The second kappa shape index (κ2) is 9.99. The highest BCUT2D eigenvalue weighted by Gasteiger charge is 2.35. The minimum atomic E-state index is -3.81. The van der Waals surface area contributed by atoms with Gasteiger partial charge in [0.25, 0.3) is 10.0 Å². The zero-order valence-corrected chi connectivity index (χ0v) is 20.1. The topological polar surface area (TPSA) is 77.5 Å². The molecule has 1 fully saturated rings. The summed E-state index contributed by atoms with van der Waals surface area (Å²) in [6.07, 6.45) is 2.67. The van der Waals surface area contributed by atoms with Gasteiger partial charge in [0.2, 0.25) is 0 Å². The van der Waals surface area contributed by atoms with Crippen molar-refractivity contribution in [2.45, 2.75) is 33.1 Å². The lowest BCUT2D eigenvalue weighted by Crippen LogP contribution is -2.35. The van der Waals surface area contributed by atoms with Crippen LogP contribution in [0.1, 0.15) is 18.4 Å². The average molecular weight is 509 g/mol. The lowest BCUT2D eigenvalue weighted by atomic mass is 9.86. The number of methoxy groups -OCH3 is 1. The lowest BCUT2D eigenvalue weighted by Gasteiger charge is -2.36. The van der Waals surface area contributed by atoms with Gasteiger partial charge in [0.15, 0.2) is 0 Å². The first-order valence-corrected chi connectivity index (χ1v) is 12.8. The molecule has 3 aromatic rings. The number of pyridine rings is 1. The first-order valence-electron chi connectivity index (χ1n) is 10.2. The summed E-state index contributed by atoms with van der Waals surface area (Å²) in [6, 6.07) is 14.3. The van der Waals surface area contributed by atoms with Gasteiger partial charge in [-0.15, -0.1) is 0 Å². The number of nitrogens with zero attached hydrogens (tertiary/aromatic N) is 1. The number of benzene rings is 2. The molecule has 174 valence electrons. The fraction of sp³-hybridized carbons (Fsp3) is 0.261. The van der Waals surface area contributed by atoms with Gasteiger partial charge in [0.05, 0.1) is 15.5 Å². The summed E-state index contributed by atoms with van der Waals surface area (Å²) in [5.74, 6) is -0.179. The van der Waals surface area contributed by atoms with Crippen molar-refractivity contribution in [1.82, 2.24) is 4.98 Å². The van der Waals surface area contributed by atoms with Crippen molar-refractivity contribution in [3.05, 3.63) is 77.2 Å². The van der Waals surface area contributed by atoms with Crippen molar-refractivity contribution in [3.63, 3.8) is 0 Å². The first-order chi connectivity index (χ1) is 15.8. The molecule has 6 nitrogen and oxygen atoms in total. The Morgan fingerprint density at radius 3 is 2.45 bits per heavy atom. The molecule has 1 N–H and O–H groups in total. The van der Waals surface area contributed by atoms with Crippen molar-refractivity contribution in [2.24, 2.45) is 0 Å². The van der Waals surface area contributed by atoms with Crippen LogP contribution in [-0.2, 0) is 25.1 Å². The quantitative estimate of drug-likeness (QED) is 0.455. The van der Waals surface area contributed by atoms with Crippen LogP contribution < -0.4 is 4.72 Å². The molecule has 0 radical (unpaired) electrons. The maximum Gasteiger partial charge on any atom is 0.263 e. The number of hydrogen-bond acceptors (Lipinski definition) is 6. The zero-order valence-electron chi connectivity index (χ0n) is 17.8. The monoisotopic (exact) mass is 508 g/mol. The summed E-state index contributed by atoms with van der Waals surface area (Å²) in [4.78, 5) is 5.51. The highest BCUT2D eigenvalue weighted by Crippen LogP contribution is 2.39. The largest absolute Gasteiger partial charge is 0.381 e. The van der Waals surface area contributed by atoms with E-state index in [0.29, 0.717) is 36.0 Å². The maximum atomic E-state index is 14.4. The van der Waals surface area contributed by atoms with E-state index < -0.39 is 15.6 Å². The summed E-state index contributed by atoms with van der Waals surface area (Å²) < 4.78 is 53.3. The lowest BCUT2D eigenvalue weighted by molar-refractivity contribution is -0.0950. The van der Waals surface area contributed by atoms with Gasteiger partial charge < -0.3 is 9.47 Å². The van der Waals surface area contributed by atoms with Gasteiger partial charge in [-0.05, 0) is 60.2 Å². The van der Waals surface area contributed by atoms with Crippen LogP contribution in [0.4, 0.5) is 10.2 Å². The molecule has 1 aromatic heterocycles. The van der Waals surface area contributed by atoms with Crippen molar-refractivity contribution < 1.29 is 22.3 Å². The Bertz CT molecular complexity index is 1220. The number of ether oxygens (including phenoxy) is 2. The van der Waals surface area contributed by atoms with Crippen LogP contribution in [0.3, 0.4) is 0 Å². The third-order valence-corrected chi connectivity index (χ3v) is 8.00. The molecular weight excluding hydrogens is 487 g/mol. The van der Waals surface area contributed by atoms with Gasteiger partial charge >= 0.3 is 0 Å². The minimum absolute atomic E-state index is 0.0871. The van der Waals surface area contributed by atoms with E-state index in [1.807, 2.05) is 6.07 Å². The Labute approximate surface area is 201 Å². The van der Waals surface area contributed by atoms with Crippen molar-refractivity contribution in [3.8, 4) is 0 Å². The van der Waals surface area contributed by atoms with E-state index in [1.165, 1.54) is 48.3 Å². The van der Waals surface area contributed by atoms with Crippen LogP contribution >= 0.6 is 23.4 Å². The first kappa shape index (κ1) is 24.0. The van der Waals surface area contributed by atoms with Gasteiger partial charge in [-0.1, -0.05) is 23.4 Å². The number of hydrogen-bond donors (Lipinski definition) is 1. The van der Waals surface area contributed by atoms with Crippen LogP contribution in [0.15, 0.2) is 75.5 Å². The van der Waals surface area contributed by atoms with Crippen LogP contribution in [0, 0.1) is 5.82 Å². The van der Waals surface area contributed by atoms with Gasteiger partial charge in [-0.2, -0.15) is 0 Å². The Kier molecular flexibility index (Phi) is 7.25. The van der Waals surface area contributed by atoms with E-state index in [-0.39, 0.29) is 16.5 Å². The fourth-order valence-corrected chi connectivity index (χ4v) is 5.67. The molecule has 0 aliphatic carbocycles. The molecule has 1 saturated heterocycles. The van der Waals surface area contributed by atoms with Gasteiger partial charge in [0, 0.05) is 49.2 Å². The molecule has 0 bridgehead atoms. The molecule has 0 unspecified atom stereocenters. The molecule has 2 aromatic carbocycles. The zero-order chi connectivity index (χ0) is 23.5. The molecular formula is C23H22ClFN2O4S2. The number of halogens is 2. The third-order valence-electron chi connectivity index (χ3n) is 5.42. The van der Waals surface area contributed by atoms with E-state index >= 15 is 0 Å². The molecule has 0 spiro atoms. The van der Waals surface area contributed by atoms with Crippen LogP contribution in [-0.4, -0.2) is 33.7 Å².